The number of rotatable bonds is 4. The third-order valence-electron chi connectivity index (χ3n) is 2.97. The predicted molar refractivity (Wildman–Crippen MR) is 71.5 cm³/mol. The van der Waals surface area contributed by atoms with Crippen LogP contribution in [0.3, 0.4) is 0 Å². The minimum absolute atomic E-state index is 0.0258. The molecule has 2 rings (SSSR count). The molecule has 0 radical (unpaired) electrons. The van der Waals surface area contributed by atoms with Crippen LogP contribution >= 0.6 is 0 Å². The van der Waals surface area contributed by atoms with E-state index in [-0.39, 0.29) is 5.78 Å². The van der Waals surface area contributed by atoms with Crippen molar-refractivity contribution < 1.29 is 4.79 Å². The van der Waals surface area contributed by atoms with Crippen LogP contribution in [0, 0.1) is 6.92 Å². The molecule has 0 aliphatic heterocycles. The molecule has 0 spiro atoms. The molecule has 0 bridgehead atoms. The van der Waals surface area contributed by atoms with Crippen LogP contribution in [0.4, 0.5) is 5.69 Å². The second-order valence-electron chi connectivity index (χ2n) is 4.34. The van der Waals surface area contributed by atoms with E-state index in [1.54, 1.807) is 35.3 Å². The normalized spacial score (nSPS) is 10.6. The molecule has 0 fully saturated rings. The third kappa shape index (κ3) is 2.27. The highest BCUT2D eigenvalue weighted by molar-refractivity contribution is 6.10. The monoisotopic (exact) mass is 243 g/mol. The van der Waals surface area contributed by atoms with Gasteiger partial charge in [0, 0.05) is 24.0 Å². The molecule has 4 heteroatoms. The number of nitrogens with two attached hydrogens (primary N) is 1. The summed E-state index contributed by atoms with van der Waals surface area (Å²) < 4.78 is 1.79. The van der Waals surface area contributed by atoms with Crippen molar-refractivity contribution in [3.63, 3.8) is 0 Å². The SMILES string of the molecule is CCCn1cc(C(=O)c2cccc(N)c2C)cn1. The molecule has 1 heterocycles. The zero-order valence-corrected chi connectivity index (χ0v) is 10.7. The van der Waals surface area contributed by atoms with Gasteiger partial charge < -0.3 is 5.73 Å². The minimum Gasteiger partial charge on any atom is -0.398 e. The first-order valence-corrected chi connectivity index (χ1v) is 6.05. The topological polar surface area (TPSA) is 60.9 Å². The van der Waals surface area contributed by atoms with E-state index in [1.807, 2.05) is 6.92 Å². The Hall–Kier alpha value is -2.10. The molecule has 2 N–H and O–H groups in total. The zero-order chi connectivity index (χ0) is 13.1. The van der Waals surface area contributed by atoms with Gasteiger partial charge in [0.1, 0.15) is 0 Å². The number of aryl methyl sites for hydroxylation is 1. The molecule has 18 heavy (non-hydrogen) atoms. The Labute approximate surface area is 106 Å². The third-order valence-corrected chi connectivity index (χ3v) is 2.97. The highest BCUT2D eigenvalue weighted by atomic mass is 16.1. The van der Waals surface area contributed by atoms with Crippen LogP contribution in [0.1, 0.15) is 34.8 Å². The van der Waals surface area contributed by atoms with Crippen LogP contribution in [0.5, 0.6) is 0 Å². The van der Waals surface area contributed by atoms with E-state index in [0.717, 1.165) is 18.5 Å². The molecular weight excluding hydrogens is 226 g/mol. The fourth-order valence-corrected chi connectivity index (χ4v) is 1.89. The quantitative estimate of drug-likeness (QED) is 0.662. The van der Waals surface area contributed by atoms with Gasteiger partial charge in [-0.15, -0.1) is 0 Å². The lowest BCUT2D eigenvalue weighted by atomic mass is 10.00. The number of carbonyl (C=O) groups is 1. The van der Waals surface area contributed by atoms with Crippen molar-refractivity contribution in [2.45, 2.75) is 26.8 Å². The lowest BCUT2D eigenvalue weighted by Gasteiger charge is -2.05. The van der Waals surface area contributed by atoms with Gasteiger partial charge in [0.15, 0.2) is 5.78 Å². The number of carbonyl (C=O) groups excluding carboxylic acids is 1. The fraction of sp³-hybridized carbons (Fsp3) is 0.286. The molecular formula is C14H17N3O. The summed E-state index contributed by atoms with van der Waals surface area (Å²) in [7, 11) is 0. The highest BCUT2D eigenvalue weighted by Crippen LogP contribution is 2.18. The van der Waals surface area contributed by atoms with Crippen molar-refractivity contribution in [3.8, 4) is 0 Å². The standard InChI is InChI=1S/C14H17N3O/c1-3-7-17-9-11(8-16-17)14(18)12-5-4-6-13(15)10(12)2/h4-6,8-9H,3,7,15H2,1-2H3. The fourth-order valence-electron chi connectivity index (χ4n) is 1.89. The second kappa shape index (κ2) is 5.04. The number of anilines is 1. The molecule has 94 valence electrons. The summed E-state index contributed by atoms with van der Waals surface area (Å²) in [5.74, 6) is -0.0258. The number of hydrogen-bond donors (Lipinski definition) is 1. The number of nitrogens with zero attached hydrogens (tertiary/aromatic N) is 2. The zero-order valence-electron chi connectivity index (χ0n) is 10.7. The van der Waals surface area contributed by atoms with Crippen LogP contribution < -0.4 is 5.73 Å². The lowest BCUT2D eigenvalue weighted by Crippen LogP contribution is -2.05. The Morgan fingerprint density at radius 1 is 1.44 bits per heavy atom. The number of ketones is 1. The van der Waals surface area contributed by atoms with Crippen LogP contribution in [-0.2, 0) is 6.54 Å². The van der Waals surface area contributed by atoms with Crippen molar-refractivity contribution in [1.82, 2.24) is 9.78 Å². The maximum atomic E-state index is 12.3. The maximum Gasteiger partial charge on any atom is 0.196 e. The number of benzene rings is 1. The predicted octanol–water partition coefficient (Wildman–Crippen LogP) is 2.41. The molecule has 2 aromatic rings. The molecule has 0 saturated carbocycles. The Kier molecular flexibility index (Phi) is 3.46. The van der Waals surface area contributed by atoms with E-state index in [4.69, 9.17) is 5.73 Å². The molecule has 0 aliphatic carbocycles. The van der Waals surface area contributed by atoms with Crippen molar-refractivity contribution in [3.05, 3.63) is 47.3 Å². The van der Waals surface area contributed by atoms with Crippen LogP contribution in [0.2, 0.25) is 0 Å². The second-order valence-corrected chi connectivity index (χ2v) is 4.34. The maximum absolute atomic E-state index is 12.3. The average molecular weight is 243 g/mol. The first-order chi connectivity index (χ1) is 8.63. The Bertz CT molecular complexity index is 572. The van der Waals surface area contributed by atoms with E-state index < -0.39 is 0 Å². The summed E-state index contributed by atoms with van der Waals surface area (Å²) in [6.45, 7) is 4.76. The molecule has 1 aromatic carbocycles. The first kappa shape index (κ1) is 12.4. The van der Waals surface area contributed by atoms with Gasteiger partial charge in [0.05, 0.1) is 11.8 Å². The molecule has 1 aromatic heterocycles. The number of aromatic nitrogens is 2. The van der Waals surface area contributed by atoms with Crippen LogP contribution in [0.25, 0.3) is 0 Å². The molecule has 0 atom stereocenters. The van der Waals surface area contributed by atoms with Gasteiger partial charge in [0.2, 0.25) is 0 Å². The first-order valence-electron chi connectivity index (χ1n) is 6.05. The van der Waals surface area contributed by atoms with E-state index in [0.29, 0.717) is 16.8 Å². The average Bonchev–Trinajstić information content (AvgIpc) is 2.81. The summed E-state index contributed by atoms with van der Waals surface area (Å²) in [5, 5.41) is 4.17. The molecule has 0 amide bonds. The molecule has 0 aliphatic rings. The van der Waals surface area contributed by atoms with Crippen molar-refractivity contribution in [1.29, 1.82) is 0 Å². The molecule has 4 nitrogen and oxygen atoms in total. The summed E-state index contributed by atoms with van der Waals surface area (Å²) >= 11 is 0. The summed E-state index contributed by atoms with van der Waals surface area (Å²) in [5.41, 5.74) is 8.53. The summed E-state index contributed by atoms with van der Waals surface area (Å²) in [6.07, 6.45) is 4.39. The van der Waals surface area contributed by atoms with Crippen LogP contribution in [0.15, 0.2) is 30.6 Å². The van der Waals surface area contributed by atoms with Gasteiger partial charge in [-0.05, 0) is 25.0 Å². The number of hydrogen-bond acceptors (Lipinski definition) is 3. The van der Waals surface area contributed by atoms with Crippen LogP contribution in [-0.4, -0.2) is 15.6 Å². The molecule has 0 saturated heterocycles. The Balaban J connectivity index is 2.32. The smallest absolute Gasteiger partial charge is 0.196 e. The summed E-state index contributed by atoms with van der Waals surface area (Å²) in [6, 6.07) is 5.39. The van der Waals surface area contributed by atoms with Gasteiger partial charge in [-0.25, -0.2) is 0 Å². The van der Waals surface area contributed by atoms with Gasteiger partial charge in [-0.3, -0.25) is 9.48 Å². The van der Waals surface area contributed by atoms with Crippen molar-refractivity contribution in [2.24, 2.45) is 0 Å². The minimum atomic E-state index is -0.0258. The van der Waals surface area contributed by atoms with E-state index in [1.165, 1.54) is 0 Å². The Morgan fingerprint density at radius 2 is 2.22 bits per heavy atom. The van der Waals surface area contributed by atoms with Gasteiger partial charge in [-0.1, -0.05) is 19.1 Å². The van der Waals surface area contributed by atoms with Gasteiger partial charge >= 0.3 is 0 Å². The van der Waals surface area contributed by atoms with Gasteiger partial charge in [0.25, 0.3) is 0 Å². The Morgan fingerprint density at radius 3 is 2.94 bits per heavy atom. The van der Waals surface area contributed by atoms with E-state index in [2.05, 4.69) is 12.0 Å². The number of nitrogen functional groups attached to an aromatic ring is 1. The van der Waals surface area contributed by atoms with Gasteiger partial charge in [-0.2, -0.15) is 5.10 Å². The van der Waals surface area contributed by atoms with E-state index in [9.17, 15) is 4.79 Å². The van der Waals surface area contributed by atoms with Crippen molar-refractivity contribution >= 4 is 11.5 Å². The van der Waals surface area contributed by atoms with Crippen molar-refractivity contribution in [2.75, 3.05) is 5.73 Å². The summed E-state index contributed by atoms with van der Waals surface area (Å²) in [4.78, 5) is 12.3. The highest BCUT2D eigenvalue weighted by Gasteiger charge is 2.14. The van der Waals surface area contributed by atoms with E-state index >= 15 is 0 Å². The molecule has 0 unspecified atom stereocenters. The largest absolute Gasteiger partial charge is 0.398 e. The lowest BCUT2D eigenvalue weighted by molar-refractivity contribution is 0.103.